The lowest BCUT2D eigenvalue weighted by Gasteiger charge is -2.06. The molecule has 104 valence electrons. The molecule has 20 heavy (non-hydrogen) atoms. The number of hydrogen-bond donors (Lipinski definition) is 2. The fourth-order valence-corrected chi connectivity index (χ4v) is 2.68. The highest BCUT2D eigenvalue weighted by Gasteiger charge is 2.12. The number of rotatable bonds is 5. The first kappa shape index (κ1) is 14.4. The van der Waals surface area contributed by atoms with Crippen LogP contribution in [0.25, 0.3) is 0 Å². The largest absolute Gasteiger partial charge is 0.392 e. The van der Waals surface area contributed by atoms with E-state index in [4.69, 9.17) is 10.4 Å². The van der Waals surface area contributed by atoms with E-state index in [1.165, 1.54) is 11.8 Å². The molecule has 2 N–H and O–H groups in total. The van der Waals surface area contributed by atoms with Crippen molar-refractivity contribution < 1.29 is 5.11 Å². The topological polar surface area (TPSA) is 94.7 Å². The van der Waals surface area contributed by atoms with Gasteiger partial charge in [-0.3, -0.25) is 4.57 Å². The molecular formula is C13H14N4O2S. The first-order chi connectivity index (χ1) is 9.69. The maximum absolute atomic E-state index is 11.6. The van der Waals surface area contributed by atoms with Gasteiger partial charge in [-0.15, -0.1) is 5.10 Å². The van der Waals surface area contributed by atoms with Crippen LogP contribution in [0.5, 0.6) is 0 Å². The number of nitrogens with zero attached hydrogens (tertiary/aromatic N) is 3. The zero-order valence-corrected chi connectivity index (χ0v) is 11.8. The number of nitrogens with one attached hydrogen (secondary N) is 1. The molecule has 0 aliphatic carbocycles. The summed E-state index contributed by atoms with van der Waals surface area (Å²) in [6, 6.07) is 7.23. The Bertz CT molecular complexity index is 699. The average molecular weight is 290 g/mol. The van der Waals surface area contributed by atoms with Gasteiger partial charge < -0.3 is 5.11 Å². The smallest absolute Gasteiger partial charge is 0.343 e. The SMILES string of the molecule is CCCn1c(Sc2ccc(CO)cc2C#N)n[nH]c1=O. The van der Waals surface area contributed by atoms with Crippen LogP contribution in [0.4, 0.5) is 0 Å². The van der Waals surface area contributed by atoms with Crippen molar-refractivity contribution in [1.29, 1.82) is 5.26 Å². The number of aliphatic hydroxyl groups is 1. The summed E-state index contributed by atoms with van der Waals surface area (Å²) in [6.45, 7) is 2.45. The number of nitriles is 1. The zero-order chi connectivity index (χ0) is 14.5. The molecule has 2 rings (SSSR count). The van der Waals surface area contributed by atoms with Crippen LogP contribution in [-0.2, 0) is 13.2 Å². The van der Waals surface area contributed by atoms with Gasteiger partial charge in [-0.25, -0.2) is 9.89 Å². The lowest BCUT2D eigenvalue weighted by Crippen LogP contribution is -2.17. The van der Waals surface area contributed by atoms with E-state index in [1.807, 2.05) is 6.92 Å². The minimum absolute atomic E-state index is 0.109. The van der Waals surface area contributed by atoms with Crippen LogP contribution in [0.1, 0.15) is 24.5 Å². The van der Waals surface area contributed by atoms with Gasteiger partial charge in [0.25, 0.3) is 0 Å². The van der Waals surface area contributed by atoms with Crippen LogP contribution in [0.3, 0.4) is 0 Å². The molecule has 0 saturated heterocycles. The molecule has 0 saturated carbocycles. The molecule has 1 aromatic carbocycles. The van der Waals surface area contributed by atoms with Crippen LogP contribution >= 0.6 is 11.8 Å². The highest BCUT2D eigenvalue weighted by atomic mass is 32.2. The predicted octanol–water partition coefficient (Wildman–Crippen LogP) is 1.50. The summed E-state index contributed by atoms with van der Waals surface area (Å²) in [4.78, 5) is 12.3. The molecule has 0 radical (unpaired) electrons. The van der Waals surface area contributed by atoms with Gasteiger partial charge in [-0.05, 0) is 35.9 Å². The van der Waals surface area contributed by atoms with Crippen LogP contribution in [0.2, 0.25) is 0 Å². The summed E-state index contributed by atoms with van der Waals surface area (Å²) in [7, 11) is 0. The first-order valence-electron chi connectivity index (χ1n) is 6.16. The Hall–Kier alpha value is -2.04. The van der Waals surface area contributed by atoms with Gasteiger partial charge in [0.1, 0.15) is 6.07 Å². The fraction of sp³-hybridized carbons (Fsp3) is 0.308. The monoisotopic (exact) mass is 290 g/mol. The Morgan fingerprint density at radius 2 is 2.35 bits per heavy atom. The van der Waals surface area contributed by atoms with E-state index in [0.29, 0.717) is 27.7 Å². The Morgan fingerprint density at radius 3 is 3.00 bits per heavy atom. The van der Waals surface area contributed by atoms with Crippen molar-refractivity contribution in [2.45, 2.75) is 36.5 Å². The molecule has 1 heterocycles. The number of benzene rings is 1. The van der Waals surface area contributed by atoms with Crippen molar-refractivity contribution in [3.8, 4) is 6.07 Å². The second-order valence-corrected chi connectivity index (χ2v) is 5.17. The molecular weight excluding hydrogens is 276 g/mol. The van der Waals surface area contributed by atoms with Crippen molar-refractivity contribution in [2.75, 3.05) is 0 Å². The van der Waals surface area contributed by atoms with Gasteiger partial charge in [0.15, 0.2) is 5.16 Å². The number of aliphatic hydroxyl groups excluding tert-OH is 1. The van der Waals surface area contributed by atoms with E-state index in [1.54, 1.807) is 22.8 Å². The molecule has 0 aliphatic rings. The van der Waals surface area contributed by atoms with Gasteiger partial charge in [0.05, 0.1) is 12.2 Å². The Kier molecular flexibility index (Phi) is 4.61. The zero-order valence-electron chi connectivity index (χ0n) is 11.0. The third kappa shape index (κ3) is 2.92. The lowest BCUT2D eigenvalue weighted by molar-refractivity contribution is 0.281. The van der Waals surface area contributed by atoms with Crippen molar-refractivity contribution in [3.63, 3.8) is 0 Å². The number of H-pyrrole nitrogens is 1. The Balaban J connectivity index is 2.35. The third-order valence-corrected chi connectivity index (χ3v) is 3.79. The second-order valence-electron chi connectivity index (χ2n) is 4.17. The highest BCUT2D eigenvalue weighted by Crippen LogP contribution is 2.29. The summed E-state index contributed by atoms with van der Waals surface area (Å²) in [5.74, 6) is 0. The van der Waals surface area contributed by atoms with E-state index in [-0.39, 0.29) is 12.3 Å². The first-order valence-corrected chi connectivity index (χ1v) is 6.98. The van der Waals surface area contributed by atoms with E-state index in [0.717, 1.165) is 6.42 Å². The molecule has 1 aromatic heterocycles. The molecule has 7 heteroatoms. The maximum atomic E-state index is 11.6. The fourth-order valence-electron chi connectivity index (χ4n) is 1.75. The minimum Gasteiger partial charge on any atom is -0.392 e. The summed E-state index contributed by atoms with van der Waals surface area (Å²) in [5.41, 5.74) is 0.888. The second kappa shape index (κ2) is 6.41. The standard InChI is InChI=1S/C13H14N4O2S/c1-2-5-17-12(19)15-16-13(17)20-11-4-3-9(8-18)6-10(11)7-14/h3-4,6,18H,2,5,8H2,1H3,(H,15,19). The number of aromatic amines is 1. The van der Waals surface area contributed by atoms with Gasteiger partial charge >= 0.3 is 5.69 Å². The molecule has 0 atom stereocenters. The van der Waals surface area contributed by atoms with Crippen molar-refractivity contribution in [2.24, 2.45) is 0 Å². The third-order valence-electron chi connectivity index (χ3n) is 2.72. The molecule has 6 nitrogen and oxygen atoms in total. The van der Waals surface area contributed by atoms with Crippen LogP contribution in [0, 0.1) is 11.3 Å². The molecule has 0 amide bonds. The van der Waals surface area contributed by atoms with Crippen LogP contribution < -0.4 is 5.69 Å². The normalized spacial score (nSPS) is 10.4. The Labute approximate surface area is 120 Å². The van der Waals surface area contributed by atoms with Crippen molar-refractivity contribution in [3.05, 3.63) is 39.8 Å². The van der Waals surface area contributed by atoms with E-state index in [9.17, 15) is 4.79 Å². The molecule has 0 unspecified atom stereocenters. The lowest BCUT2D eigenvalue weighted by atomic mass is 10.1. The summed E-state index contributed by atoms with van der Waals surface area (Å²) >= 11 is 1.26. The quantitative estimate of drug-likeness (QED) is 0.870. The van der Waals surface area contributed by atoms with Crippen LogP contribution in [-0.4, -0.2) is 19.9 Å². The summed E-state index contributed by atoms with van der Waals surface area (Å²) in [5, 5.41) is 25.2. The van der Waals surface area contributed by atoms with Gasteiger partial charge in [0, 0.05) is 11.4 Å². The van der Waals surface area contributed by atoms with Crippen molar-refractivity contribution in [1.82, 2.24) is 14.8 Å². The molecule has 0 aliphatic heterocycles. The van der Waals surface area contributed by atoms with Gasteiger partial charge in [0.2, 0.25) is 0 Å². The number of aromatic nitrogens is 3. The van der Waals surface area contributed by atoms with Gasteiger partial charge in [-0.2, -0.15) is 5.26 Å². The van der Waals surface area contributed by atoms with Gasteiger partial charge in [-0.1, -0.05) is 13.0 Å². The molecule has 2 aromatic rings. The molecule has 0 bridgehead atoms. The van der Waals surface area contributed by atoms with E-state index < -0.39 is 0 Å². The summed E-state index contributed by atoms with van der Waals surface area (Å²) < 4.78 is 1.55. The predicted molar refractivity (Wildman–Crippen MR) is 74.3 cm³/mol. The maximum Gasteiger partial charge on any atom is 0.343 e. The number of hydrogen-bond acceptors (Lipinski definition) is 5. The van der Waals surface area contributed by atoms with Crippen LogP contribution in [0.15, 0.2) is 33.0 Å². The Morgan fingerprint density at radius 1 is 1.55 bits per heavy atom. The van der Waals surface area contributed by atoms with E-state index in [2.05, 4.69) is 16.3 Å². The summed E-state index contributed by atoms with van der Waals surface area (Å²) in [6.07, 6.45) is 0.821. The molecule has 0 fully saturated rings. The molecule has 0 spiro atoms. The average Bonchev–Trinajstić information content (AvgIpc) is 2.81. The van der Waals surface area contributed by atoms with Crippen molar-refractivity contribution >= 4 is 11.8 Å². The van der Waals surface area contributed by atoms with E-state index >= 15 is 0 Å². The highest BCUT2D eigenvalue weighted by molar-refractivity contribution is 7.99. The minimum atomic E-state index is -0.250.